The molecule has 0 aromatic carbocycles. The molecule has 1 fully saturated rings. The summed E-state index contributed by atoms with van der Waals surface area (Å²) in [4.78, 5) is 2.39. The molecule has 1 aliphatic heterocycles. The Balaban J connectivity index is 1.89. The maximum Gasteiger partial charge on any atom is 0.0701 e. The molecular formula is C13H28N2O3. The van der Waals surface area contributed by atoms with Crippen molar-refractivity contribution >= 4 is 0 Å². The van der Waals surface area contributed by atoms with Crippen LogP contribution in [0, 0.1) is 5.92 Å². The second-order valence-corrected chi connectivity index (χ2v) is 4.95. The predicted molar refractivity (Wildman–Crippen MR) is 71.7 cm³/mol. The van der Waals surface area contributed by atoms with Crippen LogP contribution in [0.5, 0.6) is 0 Å². The van der Waals surface area contributed by atoms with Gasteiger partial charge in [-0.1, -0.05) is 6.92 Å². The van der Waals surface area contributed by atoms with Crippen molar-refractivity contribution in [3.05, 3.63) is 0 Å². The Labute approximate surface area is 111 Å². The van der Waals surface area contributed by atoms with Crippen LogP contribution in [0.15, 0.2) is 0 Å². The molecule has 0 saturated carbocycles. The molecule has 2 N–H and O–H groups in total. The van der Waals surface area contributed by atoms with Crippen LogP contribution in [-0.2, 0) is 14.2 Å². The van der Waals surface area contributed by atoms with Gasteiger partial charge in [0, 0.05) is 26.2 Å². The monoisotopic (exact) mass is 260 g/mol. The lowest BCUT2D eigenvalue weighted by Gasteiger charge is -2.34. The van der Waals surface area contributed by atoms with Crippen LogP contribution >= 0.6 is 0 Å². The predicted octanol–water partition coefficient (Wildman–Crippen LogP) is 0.335. The summed E-state index contributed by atoms with van der Waals surface area (Å²) in [7, 11) is 1.67. The first-order valence-corrected chi connectivity index (χ1v) is 6.86. The Morgan fingerprint density at radius 3 is 2.44 bits per heavy atom. The summed E-state index contributed by atoms with van der Waals surface area (Å²) in [6.45, 7) is 8.67. The van der Waals surface area contributed by atoms with E-state index in [1.54, 1.807) is 7.11 Å². The van der Waals surface area contributed by atoms with Crippen molar-refractivity contribution in [2.75, 3.05) is 59.8 Å². The van der Waals surface area contributed by atoms with Gasteiger partial charge in [0.25, 0.3) is 0 Å². The number of nitrogens with zero attached hydrogens (tertiary/aromatic N) is 1. The molecule has 5 nitrogen and oxygen atoms in total. The number of methoxy groups -OCH3 is 1. The van der Waals surface area contributed by atoms with Crippen LogP contribution in [0.3, 0.4) is 0 Å². The van der Waals surface area contributed by atoms with Gasteiger partial charge in [0.2, 0.25) is 0 Å². The molecule has 1 aliphatic rings. The topological polar surface area (TPSA) is 57.0 Å². The maximum atomic E-state index is 6.05. The van der Waals surface area contributed by atoms with Gasteiger partial charge in [-0.25, -0.2) is 0 Å². The highest BCUT2D eigenvalue weighted by Gasteiger charge is 2.22. The van der Waals surface area contributed by atoms with Crippen LogP contribution in [0.1, 0.15) is 13.3 Å². The molecule has 18 heavy (non-hydrogen) atoms. The molecule has 1 heterocycles. The highest BCUT2D eigenvalue weighted by atomic mass is 16.5. The second-order valence-electron chi connectivity index (χ2n) is 4.95. The molecule has 0 bridgehead atoms. The fourth-order valence-electron chi connectivity index (χ4n) is 2.03. The molecule has 5 heteroatoms. The number of hydrogen-bond donors (Lipinski definition) is 1. The fraction of sp³-hybridized carbons (Fsp3) is 1.00. The fourth-order valence-corrected chi connectivity index (χ4v) is 2.03. The zero-order chi connectivity index (χ0) is 13.2. The summed E-state index contributed by atoms with van der Waals surface area (Å²) in [5.41, 5.74) is 6.05. The van der Waals surface area contributed by atoms with Crippen LogP contribution in [0.2, 0.25) is 0 Å². The van der Waals surface area contributed by atoms with E-state index in [9.17, 15) is 0 Å². The molecule has 1 saturated heterocycles. The van der Waals surface area contributed by atoms with E-state index in [0.717, 1.165) is 26.2 Å². The molecule has 0 aromatic rings. The Morgan fingerprint density at radius 1 is 1.11 bits per heavy atom. The van der Waals surface area contributed by atoms with E-state index in [4.69, 9.17) is 19.9 Å². The summed E-state index contributed by atoms with van der Waals surface area (Å²) in [6.07, 6.45) is 1.20. The van der Waals surface area contributed by atoms with Crippen LogP contribution < -0.4 is 5.73 Å². The lowest BCUT2D eigenvalue weighted by Crippen LogP contribution is -2.48. The highest BCUT2D eigenvalue weighted by molar-refractivity contribution is 4.80. The van der Waals surface area contributed by atoms with Gasteiger partial charge in [-0.3, -0.25) is 4.90 Å². The lowest BCUT2D eigenvalue weighted by atomic mass is 9.94. The van der Waals surface area contributed by atoms with Crippen molar-refractivity contribution in [1.29, 1.82) is 0 Å². The minimum atomic E-state index is 0.316. The number of piperidine rings is 1. The summed E-state index contributed by atoms with van der Waals surface area (Å²) in [5, 5.41) is 0. The lowest BCUT2D eigenvalue weighted by molar-refractivity contribution is 0.0167. The molecule has 0 aromatic heterocycles. The van der Waals surface area contributed by atoms with Crippen LogP contribution in [0.25, 0.3) is 0 Å². The summed E-state index contributed by atoms with van der Waals surface area (Å²) in [6, 6.07) is 0.316. The zero-order valence-electron chi connectivity index (χ0n) is 11.8. The van der Waals surface area contributed by atoms with Gasteiger partial charge in [0.1, 0.15) is 0 Å². The van der Waals surface area contributed by atoms with E-state index >= 15 is 0 Å². The first kappa shape index (κ1) is 15.9. The van der Waals surface area contributed by atoms with Crippen molar-refractivity contribution in [2.24, 2.45) is 11.7 Å². The Kier molecular flexibility index (Phi) is 8.54. The number of likely N-dealkylation sites (tertiary alicyclic amines) is 1. The van der Waals surface area contributed by atoms with Gasteiger partial charge in [-0.15, -0.1) is 0 Å². The zero-order valence-corrected chi connectivity index (χ0v) is 11.8. The van der Waals surface area contributed by atoms with Crippen molar-refractivity contribution in [3.63, 3.8) is 0 Å². The summed E-state index contributed by atoms with van der Waals surface area (Å²) < 4.78 is 15.7. The average Bonchev–Trinajstić information content (AvgIpc) is 2.37. The Morgan fingerprint density at radius 2 is 1.78 bits per heavy atom. The van der Waals surface area contributed by atoms with Crippen molar-refractivity contribution in [2.45, 2.75) is 19.4 Å². The van der Waals surface area contributed by atoms with Gasteiger partial charge in [0.15, 0.2) is 0 Å². The Bertz CT molecular complexity index is 205. The van der Waals surface area contributed by atoms with E-state index in [0.29, 0.717) is 38.4 Å². The molecular weight excluding hydrogens is 232 g/mol. The largest absolute Gasteiger partial charge is 0.382 e. The molecule has 0 amide bonds. The first-order valence-electron chi connectivity index (χ1n) is 6.86. The number of hydrogen-bond acceptors (Lipinski definition) is 5. The number of nitrogens with two attached hydrogens (primary N) is 1. The van der Waals surface area contributed by atoms with E-state index in [1.807, 2.05) is 0 Å². The highest BCUT2D eigenvalue weighted by Crippen LogP contribution is 2.14. The number of rotatable bonds is 9. The van der Waals surface area contributed by atoms with E-state index in [2.05, 4.69) is 11.8 Å². The van der Waals surface area contributed by atoms with E-state index < -0.39 is 0 Å². The van der Waals surface area contributed by atoms with Gasteiger partial charge in [-0.05, 0) is 18.9 Å². The third-order valence-corrected chi connectivity index (χ3v) is 3.46. The minimum Gasteiger partial charge on any atom is -0.382 e. The smallest absolute Gasteiger partial charge is 0.0701 e. The summed E-state index contributed by atoms with van der Waals surface area (Å²) in [5.74, 6) is 0.649. The van der Waals surface area contributed by atoms with E-state index in [-0.39, 0.29) is 0 Å². The van der Waals surface area contributed by atoms with E-state index in [1.165, 1.54) is 6.42 Å². The molecule has 0 aliphatic carbocycles. The van der Waals surface area contributed by atoms with Crippen molar-refractivity contribution in [1.82, 2.24) is 4.90 Å². The summed E-state index contributed by atoms with van der Waals surface area (Å²) >= 11 is 0. The standard InChI is InChI=1S/C13H28N2O3/c1-12-3-4-15(11-13(12)14)5-6-17-9-10-18-8-7-16-2/h12-13H,3-11,14H2,1-2H3. The first-order chi connectivity index (χ1) is 8.74. The van der Waals surface area contributed by atoms with Gasteiger partial charge >= 0.3 is 0 Å². The Hall–Kier alpha value is -0.200. The van der Waals surface area contributed by atoms with Crippen molar-refractivity contribution < 1.29 is 14.2 Å². The minimum absolute atomic E-state index is 0.316. The third kappa shape index (κ3) is 6.66. The third-order valence-electron chi connectivity index (χ3n) is 3.46. The average molecular weight is 260 g/mol. The molecule has 0 spiro atoms. The molecule has 108 valence electrons. The van der Waals surface area contributed by atoms with Crippen LogP contribution in [-0.4, -0.2) is 70.7 Å². The van der Waals surface area contributed by atoms with Crippen molar-refractivity contribution in [3.8, 4) is 0 Å². The van der Waals surface area contributed by atoms with Crippen LogP contribution in [0.4, 0.5) is 0 Å². The van der Waals surface area contributed by atoms with Gasteiger partial charge in [-0.2, -0.15) is 0 Å². The quantitative estimate of drug-likeness (QED) is 0.606. The normalized spacial score (nSPS) is 25.5. The van der Waals surface area contributed by atoms with Gasteiger partial charge in [0.05, 0.1) is 33.0 Å². The molecule has 2 atom stereocenters. The number of ether oxygens (including phenoxy) is 3. The maximum absolute atomic E-state index is 6.05. The SMILES string of the molecule is COCCOCCOCCN1CCC(C)C(N)C1. The molecule has 0 radical (unpaired) electrons. The molecule has 1 rings (SSSR count). The second kappa shape index (κ2) is 9.69. The molecule has 2 unspecified atom stereocenters. The van der Waals surface area contributed by atoms with Gasteiger partial charge < -0.3 is 19.9 Å².